The summed E-state index contributed by atoms with van der Waals surface area (Å²) in [5.41, 5.74) is 7.10. The average molecular weight is 400 g/mol. The molecule has 2 aromatic carbocycles. The molecule has 1 aliphatic rings. The van der Waals surface area contributed by atoms with Crippen LogP contribution < -0.4 is 15.2 Å². The number of ether oxygens (including phenoxy) is 2. The highest BCUT2D eigenvalue weighted by atomic mass is 35.5. The summed E-state index contributed by atoms with van der Waals surface area (Å²) >= 11 is 7.49. The Morgan fingerprint density at radius 1 is 1.19 bits per heavy atom. The van der Waals surface area contributed by atoms with Crippen molar-refractivity contribution in [3.63, 3.8) is 0 Å². The van der Waals surface area contributed by atoms with Crippen molar-refractivity contribution < 1.29 is 14.3 Å². The molecule has 0 bridgehead atoms. The number of methoxy groups -OCH3 is 1. The van der Waals surface area contributed by atoms with E-state index in [2.05, 4.69) is 0 Å². The molecule has 5 nitrogen and oxygen atoms in total. The molecule has 7 heteroatoms. The fourth-order valence-corrected chi connectivity index (χ4v) is 4.48. The van der Waals surface area contributed by atoms with Gasteiger partial charge in [0.25, 0.3) is 0 Å². The van der Waals surface area contributed by atoms with Gasteiger partial charge in [-0.2, -0.15) is 0 Å². The molecule has 27 heavy (non-hydrogen) atoms. The van der Waals surface area contributed by atoms with Gasteiger partial charge in [-0.3, -0.25) is 4.79 Å². The minimum Gasteiger partial charge on any atom is -0.465 e. The summed E-state index contributed by atoms with van der Waals surface area (Å²) in [6.45, 7) is 0. The summed E-state index contributed by atoms with van der Waals surface area (Å²) in [5, 5.41) is 1.17. The summed E-state index contributed by atoms with van der Waals surface area (Å²) in [7, 11) is 1.25. The van der Waals surface area contributed by atoms with Gasteiger partial charge < -0.3 is 15.2 Å². The van der Waals surface area contributed by atoms with Gasteiger partial charge in [0.05, 0.1) is 18.6 Å². The summed E-state index contributed by atoms with van der Waals surface area (Å²) < 4.78 is 11.2. The standard InChI is InChI=1S/C20H14ClNO4S/c1-25-19(23)16-14(10-6-2-4-8-12(10)21)15-17(26-18(16)22)11-7-3-5-9-13(11)27-20(15)24/h2-9,14H,22H2,1H3/t14-/m1/s1. The Kier molecular flexibility index (Phi) is 4.37. The summed E-state index contributed by atoms with van der Waals surface area (Å²) in [5.74, 6) is -1.19. The van der Waals surface area contributed by atoms with Gasteiger partial charge in [-0.1, -0.05) is 53.3 Å². The minimum absolute atomic E-state index is 0.0673. The zero-order valence-electron chi connectivity index (χ0n) is 14.2. The largest absolute Gasteiger partial charge is 0.465 e. The molecule has 0 amide bonds. The lowest BCUT2D eigenvalue weighted by atomic mass is 9.83. The van der Waals surface area contributed by atoms with Crippen molar-refractivity contribution in [3.8, 4) is 5.75 Å². The normalized spacial score (nSPS) is 16.0. The Balaban J connectivity index is 2.11. The van der Waals surface area contributed by atoms with E-state index in [1.165, 1.54) is 7.11 Å². The van der Waals surface area contributed by atoms with Gasteiger partial charge in [-0.25, -0.2) is 4.79 Å². The summed E-state index contributed by atoms with van der Waals surface area (Å²) in [6.07, 6.45) is 0. The molecule has 1 aromatic heterocycles. The Morgan fingerprint density at radius 3 is 2.63 bits per heavy atom. The fraction of sp³-hybridized carbons (Fsp3) is 0.100. The van der Waals surface area contributed by atoms with Crippen molar-refractivity contribution in [1.82, 2.24) is 0 Å². The number of nitrogens with two attached hydrogens (primary N) is 1. The quantitative estimate of drug-likeness (QED) is 0.663. The highest BCUT2D eigenvalue weighted by Crippen LogP contribution is 2.46. The van der Waals surface area contributed by atoms with E-state index in [4.69, 9.17) is 26.8 Å². The van der Waals surface area contributed by atoms with Gasteiger partial charge in [0.2, 0.25) is 10.6 Å². The maximum atomic E-state index is 13.0. The predicted molar refractivity (Wildman–Crippen MR) is 105 cm³/mol. The maximum absolute atomic E-state index is 13.0. The first kappa shape index (κ1) is 17.6. The van der Waals surface area contributed by atoms with Crippen molar-refractivity contribution >= 4 is 39.0 Å². The Labute approximate surface area is 163 Å². The third-order valence-electron chi connectivity index (χ3n) is 4.48. The van der Waals surface area contributed by atoms with Crippen LogP contribution in [0, 0.1) is 0 Å². The van der Waals surface area contributed by atoms with E-state index in [-0.39, 0.29) is 16.2 Å². The molecule has 1 aliphatic heterocycles. The van der Waals surface area contributed by atoms with Crippen LogP contribution in [0.15, 0.2) is 64.8 Å². The van der Waals surface area contributed by atoms with E-state index < -0.39 is 11.9 Å². The zero-order chi connectivity index (χ0) is 19.1. The molecule has 0 aliphatic carbocycles. The van der Waals surface area contributed by atoms with Crippen LogP contribution in [0.2, 0.25) is 5.02 Å². The Hall–Kier alpha value is -2.83. The van der Waals surface area contributed by atoms with Gasteiger partial charge >= 0.3 is 5.97 Å². The van der Waals surface area contributed by atoms with E-state index in [9.17, 15) is 9.59 Å². The highest BCUT2D eigenvalue weighted by Gasteiger charge is 2.39. The molecular weight excluding hydrogens is 386 g/mol. The first-order chi connectivity index (χ1) is 13.0. The van der Waals surface area contributed by atoms with Crippen LogP contribution in [0.3, 0.4) is 0 Å². The molecule has 0 saturated carbocycles. The van der Waals surface area contributed by atoms with Gasteiger partial charge in [-0.05, 0) is 23.8 Å². The van der Waals surface area contributed by atoms with Gasteiger partial charge in [-0.15, -0.1) is 0 Å². The fourth-order valence-electron chi connectivity index (χ4n) is 3.29. The molecule has 2 N–H and O–H groups in total. The van der Waals surface area contributed by atoms with Crippen molar-refractivity contribution in [2.45, 2.75) is 5.92 Å². The second-order valence-corrected chi connectivity index (χ2v) is 7.38. The first-order valence-electron chi connectivity index (χ1n) is 8.09. The van der Waals surface area contributed by atoms with E-state index in [0.29, 0.717) is 21.9 Å². The van der Waals surface area contributed by atoms with Crippen LogP contribution in [-0.4, -0.2) is 13.1 Å². The maximum Gasteiger partial charge on any atom is 0.340 e. The molecular formula is C20H14ClNO4S. The van der Waals surface area contributed by atoms with Crippen molar-refractivity contribution in [2.24, 2.45) is 5.73 Å². The number of carbonyl (C=O) groups excluding carboxylic acids is 1. The number of fused-ring (bicyclic) bond motifs is 3. The molecule has 0 spiro atoms. The lowest BCUT2D eigenvalue weighted by molar-refractivity contribution is -0.136. The summed E-state index contributed by atoms with van der Waals surface area (Å²) in [6, 6.07) is 14.4. The molecule has 1 atom stereocenters. The molecule has 0 unspecified atom stereocenters. The van der Waals surface area contributed by atoms with Crippen LogP contribution in [0.5, 0.6) is 5.75 Å². The number of benzene rings is 2. The molecule has 0 fully saturated rings. The third-order valence-corrected chi connectivity index (χ3v) is 5.80. The van der Waals surface area contributed by atoms with Crippen LogP contribution in [0.1, 0.15) is 17.0 Å². The molecule has 0 saturated heterocycles. The Morgan fingerprint density at radius 2 is 1.89 bits per heavy atom. The van der Waals surface area contributed by atoms with E-state index in [1.54, 1.807) is 24.3 Å². The highest BCUT2D eigenvalue weighted by molar-refractivity contribution is 7.16. The second kappa shape index (κ2) is 6.72. The molecule has 136 valence electrons. The smallest absolute Gasteiger partial charge is 0.340 e. The van der Waals surface area contributed by atoms with Crippen LogP contribution in [0.25, 0.3) is 10.1 Å². The number of rotatable bonds is 2. The van der Waals surface area contributed by atoms with Crippen molar-refractivity contribution in [1.29, 1.82) is 0 Å². The monoisotopic (exact) mass is 399 g/mol. The van der Waals surface area contributed by atoms with E-state index in [0.717, 1.165) is 21.4 Å². The lowest BCUT2D eigenvalue weighted by Crippen LogP contribution is -2.30. The number of hydrogen-bond acceptors (Lipinski definition) is 6. The second-order valence-electron chi connectivity index (χ2n) is 5.95. The van der Waals surface area contributed by atoms with Gasteiger partial charge in [0.15, 0.2) is 0 Å². The molecule has 0 radical (unpaired) electrons. The zero-order valence-corrected chi connectivity index (χ0v) is 15.8. The molecule has 2 heterocycles. The van der Waals surface area contributed by atoms with Crippen molar-refractivity contribution in [3.05, 3.63) is 85.7 Å². The third kappa shape index (κ3) is 2.78. The topological polar surface area (TPSA) is 78.6 Å². The van der Waals surface area contributed by atoms with E-state index >= 15 is 0 Å². The SMILES string of the molecule is COC(=O)C1=C(N)Oc2c(c(=O)sc3ccccc23)[C@H]1c1ccccc1Cl. The minimum atomic E-state index is -0.775. The van der Waals surface area contributed by atoms with Crippen LogP contribution in [-0.2, 0) is 9.53 Å². The molecule has 3 aromatic rings. The number of hydrogen-bond donors (Lipinski definition) is 1. The lowest BCUT2D eigenvalue weighted by Gasteiger charge is -2.28. The van der Waals surface area contributed by atoms with Gasteiger partial charge in [0.1, 0.15) is 11.3 Å². The number of esters is 1. The van der Waals surface area contributed by atoms with E-state index in [1.807, 2.05) is 24.3 Å². The van der Waals surface area contributed by atoms with Crippen molar-refractivity contribution in [2.75, 3.05) is 7.11 Å². The summed E-state index contributed by atoms with van der Waals surface area (Å²) in [4.78, 5) is 25.5. The number of carbonyl (C=O) groups is 1. The van der Waals surface area contributed by atoms with Crippen LogP contribution in [0.4, 0.5) is 0 Å². The number of halogens is 1. The first-order valence-corrected chi connectivity index (χ1v) is 9.28. The predicted octanol–water partition coefficient (Wildman–Crippen LogP) is 3.78. The molecule has 4 rings (SSSR count). The Bertz CT molecular complexity index is 1170. The average Bonchev–Trinajstić information content (AvgIpc) is 2.67. The van der Waals surface area contributed by atoms with Crippen LogP contribution >= 0.6 is 22.9 Å². The van der Waals surface area contributed by atoms with Gasteiger partial charge in [0, 0.05) is 15.1 Å².